The van der Waals surface area contributed by atoms with Gasteiger partial charge in [-0.15, -0.1) is 11.3 Å². The van der Waals surface area contributed by atoms with Gasteiger partial charge in [0.2, 0.25) is 0 Å². The first-order valence-electron chi connectivity index (χ1n) is 7.93. The van der Waals surface area contributed by atoms with E-state index < -0.39 is 0 Å². The SMILES string of the molecule is CC/C(=N/C(=N)c1ccc2sc3ccccc3c2c1)N(C)CC. The van der Waals surface area contributed by atoms with Crippen LogP contribution in [0.4, 0.5) is 0 Å². The van der Waals surface area contributed by atoms with Crippen molar-refractivity contribution in [2.75, 3.05) is 13.6 Å². The van der Waals surface area contributed by atoms with Crippen LogP contribution in [0.2, 0.25) is 0 Å². The summed E-state index contributed by atoms with van der Waals surface area (Å²) in [5.74, 6) is 1.28. The molecule has 3 nitrogen and oxygen atoms in total. The Morgan fingerprint density at radius 1 is 1.09 bits per heavy atom. The highest BCUT2D eigenvalue weighted by atomic mass is 32.1. The molecule has 0 atom stereocenters. The predicted molar refractivity (Wildman–Crippen MR) is 102 cm³/mol. The number of hydrogen-bond acceptors (Lipinski definition) is 2. The van der Waals surface area contributed by atoms with Crippen molar-refractivity contribution in [2.45, 2.75) is 20.3 Å². The molecule has 0 radical (unpaired) electrons. The van der Waals surface area contributed by atoms with Gasteiger partial charge < -0.3 is 4.90 Å². The molecule has 2 aromatic carbocycles. The number of amidine groups is 2. The Bertz CT molecular complexity index is 892. The Morgan fingerprint density at radius 3 is 2.57 bits per heavy atom. The summed E-state index contributed by atoms with van der Waals surface area (Å²) in [6, 6.07) is 14.6. The Morgan fingerprint density at radius 2 is 1.83 bits per heavy atom. The van der Waals surface area contributed by atoms with E-state index in [9.17, 15) is 0 Å². The molecule has 0 saturated carbocycles. The normalized spacial score (nSPS) is 12.0. The smallest absolute Gasteiger partial charge is 0.153 e. The van der Waals surface area contributed by atoms with Crippen LogP contribution in [0.25, 0.3) is 20.2 Å². The average molecular weight is 323 g/mol. The van der Waals surface area contributed by atoms with Gasteiger partial charge in [-0.05, 0) is 31.2 Å². The molecule has 23 heavy (non-hydrogen) atoms. The van der Waals surface area contributed by atoms with E-state index in [1.54, 1.807) is 11.3 Å². The molecule has 4 heteroatoms. The molecule has 3 aromatic rings. The van der Waals surface area contributed by atoms with E-state index >= 15 is 0 Å². The first-order valence-corrected chi connectivity index (χ1v) is 8.74. The van der Waals surface area contributed by atoms with Crippen LogP contribution in [0.15, 0.2) is 47.5 Å². The third-order valence-corrected chi connectivity index (χ3v) is 5.27. The Labute approximate surface area is 140 Å². The molecule has 3 rings (SSSR count). The topological polar surface area (TPSA) is 39.5 Å². The summed E-state index contributed by atoms with van der Waals surface area (Å²) in [6.07, 6.45) is 0.830. The molecular formula is C19H21N3S. The van der Waals surface area contributed by atoms with Crippen molar-refractivity contribution in [2.24, 2.45) is 4.99 Å². The van der Waals surface area contributed by atoms with E-state index in [1.807, 2.05) is 13.1 Å². The van der Waals surface area contributed by atoms with Crippen molar-refractivity contribution in [3.05, 3.63) is 48.0 Å². The van der Waals surface area contributed by atoms with Gasteiger partial charge in [0.05, 0.1) is 0 Å². The first kappa shape index (κ1) is 15.7. The Hall–Kier alpha value is -2.20. The lowest BCUT2D eigenvalue weighted by molar-refractivity contribution is 0.525. The Kier molecular flexibility index (Phi) is 4.44. The highest BCUT2D eigenvalue weighted by Crippen LogP contribution is 2.34. The summed E-state index contributed by atoms with van der Waals surface area (Å²) in [5.41, 5.74) is 0.872. The molecule has 0 fully saturated rings. The monoisotopic (exact) mass is 323 g/mol. The number of fused-ring (bicyclic) bond motifs is 3. The van der Waals surface area contributed by atoms with Crippen LogP contribution in [0.3, 0.4) is 0 Å². The van der Waals surface area contributed by atoms with Crippen molar-refractivity contribution in [3.8, 4) is 0 Å². The third-order valence-electron chi connectivity index (χ3n) is 4.12. The quantitative estimate of drug-likeness (QED) is 0.526. The number of nitrogens with zero attached hydrogens (tertiary/aromatic N) is 2. The van der Waals surface area contributed by atoms with Crippen molar-refractivity contribution < 1.29 is 0 Å². The molecule has 118 valence electrons. The number of nitrogens with one attached hydrogen (secondary N) is 1. The van der Waals surface area contributed by atoms with Crippen LogP contribution in [-0.4, -0.2) is 30.2 Å². The minimum atomic E-state index is 0.333. The maximum Gasteiger partial charge on any atom is 0.153 e. The summed E-state index contributed by atoms with van der Waals surface area (Å²) in [6.45, 7) is 5.07. The zero-order valence-electron chi connectivity index (χ0n) is 13.8. The number of aliphatic imine (C=N–C) groups is 1. The molecule has 1 heterocycles. The van der Waals surface area contributed by atoms with Gasteiger partial charge in [0.1, 0.15) is 5.84 Å². The molecule has 0 aliphatic heterocycles. The zero-order chi connectivity index (χ0) is 16.4. The van der Waals surface area contributed by atoms with Crippen LogP contribution < -0.4 is 0 Å². The fraction of sp³-hybridized carbons (Fsp3) is 0.263. The van der Waals surface area contributed by atoms with Gasteiger partial charge in [0.25, 0.3) is 0 Å². The zero-order valence-corrected chi connectivity index (χ0v) is 14.6. The molecule has 0 aliphatic rings. The summed E-state index contributed by atoms with van der Waals surface area (Å²) >= 11 is 1.79. The van der Waals surface area contributed by atoms with E-state index in [-0.39, 0.29) is 0 Å². The van der Waals surface area contributed by atoms with Crippen molar-refractivity contribution >= 4 is 43.2 Å². The van der Waals surface area contributed by atoms with Crippen molar-refractivity contribution in [1.29, 1.82) is 5.41 Å². The maximum atomic E-state index is 8.36. The van der Waals surface area contributed by atoms with Gasteiger partial charge in [-0.25, -0.2) is 4.99 Å². The van der Waals surface area contributed by atoms with E-state index in [2.05, 4.69) is 60.1 Å². The molecule has 0 spiro atoms. The van der Waals surface area contributed by atoms with Crippen LogP contribution in [0.5, 0.6) is 0 Å². The highest BCUT2D eigenvalue weighted by molar-refractivity contribution is 7.25. The summed E-state index contributed by atoms with van der Waals surface area (Å²) < 4.78 is 2.54. The summed E-state index contributed by atoms with van der Waals surface area (Å²) in [7, 11) is 2.02. The minimum absolute atomic E-state index is 0.333. The second-order valence-electron chi connectivity index (χ2n) is 5.55. The minimum Gasteiger partial charge on any atom is -0.363 e. The third kappa shape index (κ3) is 2.99. The lowest BCUT2D eigenvalue weighted by Gasteiger charge is -2.18. The van der Waals surface area contributed by atoms with E-state index in [0.29, 0.717) is 5.84 Å². The maximum absolute atomic E-state index is 8.36. The largest absolute Gasteiger partial charge is 0.363 e. The first-order chi connectivity index (χ1) is 11.1. The van der Waals surface area contributed by atoms with Crippen molar-refractivity contribution in [3.63, 3.8) is 0 Å². The molecule has 0 aliphatic carbocycles. The van der Waals surface area contributed by atoms with Gasteiger partial charge in [-0.3, -0.25) is 5.41 Å². The molecule has 0 saturated heterocycles. The average Bonchev–Trinajstić information content (AvgIpc) is 2.96. The lowest BCUT2D eigenvalue weighted by atomic mass is 10.1. The molecular weight excluding hydrogens is 302 g/mol. The summed E-state index contributed by atoms with van der Waals surface area (Å²) in [4.78, 5) is 6.63. The predicted octanol–water partition coefficient (Wildman–Crippen LogP) is 5.14. The van der Waals surface area contributed by atoms with Gasteiger partial charge in [-0.2, -0.15) is 0 Å². The van der Waals surface area contributed by atoms with E-state index in [0.717, 1.165) is 24.4 Å². The fourth-order valence-corrected chi connectivity index (χ4v) is 3.77. The van der Waals surface area contributed by atoms with Gasteiger partial charge in [-0.1, -0.05) is 25.1 Å². The van der Waals surface area contributed by atoms with Crippen LogP contribution in [-0.2, 0) is 0 Å². The number of hydrogen-bond donors (Lipinski definition) is 1. The van der Waals surface area contributed by atoms with Crippen LogP contribution in [0, 0.1) is 5.41 Å². The van der Waals surface area contributed by atoms with Gasteiger partial charge in [0, 0.05) is 45.7 Å². The second-order valence-corrected chi connectivity index (χ2v) is 6.64. The molecule has 0 bridgehead atoms. The lowest BCUT2D eigenvalue weighted by Crippen LogP contribution is -2.26. The number of benzene rings is 2. The fourth-order valence-electron chi connectivity index (χ4n) is 2.68. The van der Waals surface area contributed by atoms with Gasteiger partial charge >= 0.3 is 0 Å². The summed E-state index contributed by atoms with van der Waals surface area (Å²) in [5, 5.41) is 10.8. The van der Waals surface area contributed by atoms with Crippen molar-refractivity contribution in [1.82, 2.24) is 4.90 Å². The Balaban J connectivity index is 2.04. The molecule has 1 N–H and O–H groups in total. The van der Waals surface area contributed by atoms with E-state index in [1.165, 1.54) is 20.2 Å². The molecule has 1 aromatic heterocycles. The molecule has 0 amide bonds. The standard InChI is InChI=1S/C19H21N3S/c1-4-18(22(3)5-2)21-19(20)13-10-11-17-15(12-13)14-8-6-7-9-16(14)23-17/h6-12,20H,4-5H2,1-3H3/b20-19?,21-18-. The van der Waals surface area contributed by atoms with E-state index in [4.69, 9.17) is 5.41 Å². The highest BCUT2D eigenvalue weighted by Gasteiger charge is 2.09. The second kappa shape index (κ2) is 6.50. The van der Waals surface area contributed by atoms with Crippen LogP contribution >= 0.6 is 11.3 Å². The number of thiophene rings is 1. The number of rotatable bonds is 3. The molecule has 0 unspecified atom stereocenters. The van der Waals surface area contributed by atoms with Gasteiger partial charge in [0.15, 0.2) is 5.84 Å². The van der Waals surface area contributed by atoms with Crippen LogP contribution in [0.1, 0.15) is 25.8 Å².